The molecule has 0 unspecified atom stereocenters. The summed E-state index contributed by atoms with van der Waals surface area (Å²) in [5.74, 6) is -0.597. The maximum Gasteiger partial charge on any atom is 0.417 e. The summed E-state index contributed by atoms with van der Waals surface area (Å²) in [4.78, 5) is 12.7. The molecule has 4 aromatic rings. The molecule has 0 spiro atoms. The topological polar surface area (TPSA) is 121 Å². The van der Waals surface area contributed by atoms with Gasteiger partial charge in [0, 0.05) is 16.9 Å². The van der Waals surface area contributed by atoms with Crippen LogP contribution in [0.15, 0.2) is 94.7 Å². The maximum atomic E-state index is 13.1. The van der Waals surface area contributed by atoms with Gasteiger partial charge in [0.1, 0.15) is 0 Å². The highest BCUT2D eigenvalue weighted by molar-refractivity contribution is 7.93. The number of hydrogen-bond acceptors (Lipinski definition) is 5. The van der Waals surface area contributed by atoms with Crippen LogP contribution in [-0.4, -0.2) is 22.7 Å². The number of benzene rings is 4. The standard InChI is InChI=1S/C28H23ClF3N3O5S2/c1-17-3-10-22(11-4-17)42(39,40)35-26-15-19(6-5-18(26)2)27(36)33-20-7-12-23(13-8-20)41(37,38)34-21-9-14-25(29)24(16-21)28(30,31)32/h3-16,34-35H,1-2H3,(H,33,36). The second-order valence-electron chi connectivity index (χ2n) is 9.22. The predicted molar refractivity (Wildman–Crippen MR) is 155 cm³/mol. The monoisotopic (exact) mass is 637 g/mol. The summed E-state index contributed by atoms with van der Waals surface area (Å²) in [6.45, 7) is 3.51. The average Bonchev–Trinajstić information content (AvgIpc) is 2.90. The maximum absolute atomic E-state index is 13.1. The second kappa shape index (κ2) is 11.7. The molecule has 0 heterocycles. The summed E-state index contributed by atoms with van der Waals surface area (Å²) in [7, 11) is -8.19. The zero-order valence-electron chi connectivity index (χ0n) is 22.0. The Morgan fingerprint density at radius 3 is 1.86 bits per heavy atom. The minimum Gasteiger partial charge on any atom is -0.322 e. The van der Waals surface area contributed by atoms with Crippen molar-refractivity contribution in [1.29, 1.82) is 0 Å². The van der Waals surface area contributed by atoms with E-state index in [1.54, 1.807) is 25.1 Å². The highest BCUT2D eigenvalue weighted by Crippen LogP contribution is 2.36. The number of aryl methyl sites for hydroxylation is 2. The van der Waals surface area contributed by atoms with Crippen LogP contribution in [0, 0.1) is 13.8 Å². The summed E-state index contributed by atoms with van der Waals surface area (Å²) in [6, 6.07) is 18.3. The highest BCUT2D eigenvalue weighted by Gasteiger charge is 2.33. The van der Waals surface area contributed by atoms with Gasteiger partial charge in [-0.3, -0.25) is 14.2 Å². The quantitative estimate of drug-likeness (QED) is 0.196. The van der Waals surface area contributed by atoms with Crippen molar-refractivity contribution in [2.24, 2.45) is 0 Å². The Labute approximate surface area is 245 Å². The number of alkyl halides is 3. The number of amides is 1. The molecule has 4 rings (SSSR count). The smallest absolute Gasteiger partial charge is 0.322 e. The van der Waals surface area contributed by atoms with E-state index >= 15 is 0 Å². The number of rotatable bonds is 8. The molecule has 4 aromatic carbocycles. The van der Waals surface area contributed by atoms with Crippen molar-refractivity contribution < 1.29 is 34.8 Å². The molecule has 0 aliphatic rings. The zero-order valence-corrected chi connectivity index (χ0v) is 24.3. The van der Waals surface area contributed by atoms with Gasteiger partial charge in [0.25, 0.3) is 26.0 Å². The molecular weight excluding hydrogens is 615 g/mol. The van der Waals surface area contributed by atoms with Crippen LogP contribution in [0.1, 0.15) is 27.0 Å². The zero-order chi connectivity index (χ0) is 30.9. The van der Waals surface area contributed by atoms with Crippen LogP contribution in [0.3, 0.4) is 0 Å². The molecule has 0 bridgehead atoms. The van der Waals surface area contributed by atoms with Crippen molar-refractivity contribution in [3.8, 4) is 0 Å². The number of hydrogen-bond donors (Lipinski definition) is 3. The summed E-state index contributed by atoms with van der Waals surface area (Å²) >= 11 is 5.58. The highest BCUT2D eigenvalue weighted by atomic mass is 35.5. The molecule has 0 radical (unpaired) electrons. The third kappa shape index (κ3) is 7.22. The Balaban J connectivity index is 1.48. The van der Waals surface area contributed by atoms with Crippen molar-refractivity contribution in [3.05, 3.63) is 112 Å². The molecule has 0 saturated carbocycles. The van der Waals surface area contributed by atoms with Gasteiger partial charge < -0.3 is 5.32 Å². The lowest BCUT2D eigenvalue weighted by Crippen LogP contribution is -2.16. The Morgan fingerprint density at radius 2 is 1.26 bits per heavy atom. The molecule has 3 N–H and O–H groups in total. The molecule has 0 aromatic heterocycles. The fourth-order valence-corrected chi connectivity index (χ4v) is 6.13. The minimum atomic E-state index is -4.78. The number of carbonyl (C=O) groups excluding carboxylic acids is 1. The minimum absolute atomic E-state index is 0.0590. The Bertz CT molecular complexity index is 1860. The van der Waals surface area contributed by atoms with E-state index in [0.717, 1.165) is 29.8 Å². The number of carbonyl (C=O) groups is 1. The lowest BCUT2D eigenvalue weighted by molar-refractivity contribution is -0.137. The van der Waals surface area contributed by atoms with Crippen LogP contribution in [0.4, 0.5) is 30.2 Å². The molecular formula is C28H23ClF3N3O5S2. The summed E-state index contributed by atoms with van der Waals surface area (Å²) in [6.07, 6.45) is -4.78. The third-order valence-corrected chi connectivity index (χ3v) is 9.13. The average molecular weight is 638 g/mol. The fourth-order valence-electron chi connectivity index (χ4n) is 3.74. The van der Waals surface area contributed by atoms with Gasteiger partial charge in [0.15, 0.2) is 0 Å². The van der Waals surface area contributed by atoms with E-state index in [2.05, 4.69) is 14.8 Å². The second-order valence-corrected chi connectivity index (χ2v) is 13.0. The Kier molecular flexibility index (Phi) is 8.58. The van der Waals surface area contributed by atoms with Crippen LogP contribution in [-0.2, 0) is 26.2 Å². The fraction of sp³-hybridized carbons (Fsp3) is 0.107. The number of nitrogens with one attached hydrogen (secondary N) is 3. The third-order valence-electron chi connectivity index (χ3n) is 6.02. The van der Waals surface area contributed by atoms with E-state index in [0.29, 0.717) is 11.6 Å². The predicted octanol–water partition coefficient (Wildman–Crippen LogP) is 6.83. The van der Waals surface area contributed by atoms with Crippen molar-refractivity contribution in [3.63, 3.8) is 0 Å². The van der Waals surface area contributed by atoms with Crippen LogP contribution in [0.2, 0.25) is 5.02 Å². The van der Waals surface area contributed by atoms with Crippen molar-refractivity contribution in [2.45, 2.75) is 29.8 Å². The molecule has 14 heteroatoms. The number of halogens is 4. The molecule has 0 atom stereocenters. The van der Waals surface area contributed by atoms with E-state index in [4.69, 9.17) is 11.6 Å². The van der Waals surface area contributed by atoms with Gasteiger partial charge in [-0.05, 0) is 86.1 Å². The summed E-state index contributed by atoms with van der Waals surface area (Å²) in [5, 5.41) is 2.02. The van der Waals surface area contributed by atoms with E-state index in [1.165, 1.54) is 36.4 Å². The van der Waals surface area contributed by atoms with Gasteiger partial charge in [-0.2, -0.15) is 13.2 Å². The van der Waals surface area contributed by atoms with E-state index in [-0.39, 0.29) is 32.4 Å². The van der Waals surface area contributed by atoms with Gasteiger partial charge in [0.05, 0.1) is 26.1 Å². The van der Waals surface area contributed by atoms with Crippen LogP contribution in [0.5, 0.6) is 0 Å². The molecule has 0 aliphatic heterocycles. The van der Waals surface area contributed by atoms with Crippen LogP contribution < -0.4 is 14.8 Å². The van der Waals surface area contributed by atoms with Gasteiger partial charge in [0.2, 0.25) is 0 Å². The molecule has 0 fully saturated rings. The van der Waals surface area contributed by atoms with Crippen molar-refractivity contribution in [2.75, 3.05) is 14.8 Å². The van der Waals surface area contributed by atoms with E-state index < -0.39 is 42.7 Å². The molecule has 42 heavy (non-hydrogen) atoms. The van der Waals surface area contributed by atoms with Gasteiger partial charge in [-0.25, -0.2) is 16.8 Å². The first-order valence-corrected chi connectivity index (χ1v) is 15.4. The van der Waals surface area contributed by atoms with Crippen LogP contribution >= 0.6 is 11.6 Å². The van der Waals surface area contributed by atoms with Crippen LogP contribution in [0.25, 0.3) is 0 Å². The number of sulfonamides is 2. The molecule has 0 saturated heterocycles. The SMILES string of the molecule is Cc1ccc(S(=O)(=O)Nc2cc(C(=O)Nc3ccc(S(=O)(=O)Nc4ccc(Cl)c(C(F)(F)F)c4)cc3)ccc2C)cc1. The van der Waals surface area contributed by atoms with Crippen molar-refractivity contribution >= 4 is 54.6 Å². The summed E-state index contributed by atoms with van der Waals surface area (Å²) < 4.78 is 95.1. The summed E-state index contributed by atoms with van der Waals surface area (Å²) in [5.41, 5.74) is 0.489. The van der Waals surface area contributed by atoms with E-state index in [9.17, 15) is 34.8 Å². The molecule has 0 aliphatic carbocycles. The van der Waals surface area contributed by atoms with Gasteiger partial charge in [-0.1, -0.05) is 35.4 Å². The van der Waals surface area contributed by atoms with Gasteiger partial charge >= 0.3 is 6.18 Å². The first-order chi connectivity index (χ1) is 19.5. The molecule has 8 nitrogen and oxygen atoms in total. The largest absolute Gasteiger partial charge is 0.417 e. The lowest BCUT2D eigenvalue weighted by Gasteiger charge is -2.14. The first-order valence-electron chi connectivity index (χ1n) is 12.1. The lowest BCUT2D eigenvalue weighted by atomic mass is 10.1. The van der Waals surface area contributed by atoms with Gasteiger partial charge in [-0.15, -0.1) is 0 Å². The normalized spacial score (nSPS) is 12.0. The Hall–Kier alpha value is -4.07. The Morgan fingerprint density at radius 1 is 0.714 bits per heavy atom. The number of anilines is 3. The molecule has 1 amide bonds. The van der Waals surface area contributed by atoms with Crippen molar-refractivity contribution in [1.82, 2.24) is 0 Å². The molecule has 220 valence electrons. The first kappa shape index (κ1) is 30.9. The van der Waals surface area contributed by atoms with E-state index in [1.807, 2.05) is 6.92 Å².